The third kappa shape index (κ3) is 22.3. The van der Waals surface area contributed by atoms with Gasteiger partial charge in [0.2, 0.25) is 0 Å². The Bertz CT molecular complexity index is 591. The predicted octanol–water partition coefficient (Wildman–Crippen LogP) is 17.6. The van der Waals surface area contributed by atoms with Gasteiger partial charge >= 0.3 is 0 Å². The molecule has 0 amide bonds. The zero-order valence-electron chi connectivity index (χ0n) is 30.5. The van der Waals surface area contributed by atoms with Crippen LogP contribution < -0.4 is 0 Å². The molecule has 0 heterocycles. The predicted molar refractivity (Wildman–Crippen MR) is 218 cm³/mol. The largest absolute Gasteiger partial charge is 0.0776 e. The van der Waals surface area contributed by atoms with Gasteiger partial charge in [-0.15, -0.1) is 0 Å². The van der Waals surface area contributed by atoms with Crippen molar-refractivity contribution < 1.29 is 0 Å². The molecule has 0 N–H and O–H groups in total. The Labute approximate surface area is 293 Å². The summed E-state index contributed by atoms with van der Waals surface area (Å²) in [7, 11) is 0. The van der Waals surface area contributed by atoms with E-state index in [4.69, 9.17) is 0 Å². The molecule has 2 atom stereocenters. The van der Waals surface area contributed by atoms with Crippen LogP contribution in [0.15, 0.2) is 0 Å². The summed E-state index contributed by atoms with van der Waals surface area (Å²) in [6, 6.07) is 0. The zero-order chi connectivity index (χ0) is 30.5. The molecule has 0 aliphatic heterocycles. The first-order valence-corrected chi connectivity index (χ1v) is 18.6. The maximum Gasteiger partial charge on any atom is -0.0328 e. The van der Waals surface area contributed by atoms with E-state index in [9.17, 15) is 0 Å². The van der Waals surface area contributed by atoms with E-state index in [-0.39, 0.29) is 37.1 Å². The quantitative estimate of drug-likeness (QED) is 0.288. The van der Waals surface area contributed by atoms with E-state index in [1.165, 1.54) is 128 Å². The highest BCUT2D eigenvalue weighted by Crippen LogP contribution is 2.42. The van der Waals surface area contributed by atoms with Gasteiger partial charge in [-0.1, -0.05) is 204 Å². The third-order valence-electron chi connectivity index (χ3n) is 12.7. The van der Waals surface area contributed by atoms with Gasteiger partial charge < -0.3 is 0 Å². The van der Waals surface area contributed by atoms with Crippen molar-refractivity contribution in [1.29, 1.82) is 0 Å². The van der Waals surface area contributed by atoms with Gasteiger partial charge in [0.05, 0.1) is 0 Å². The van der Waals surface area contributed by atoms with Crippen molar-refractivity contribution in [1.82, 2.24) is 0 Å². The second kappa shape index (κ2) is 25.9. The molecule has 5 rings (SSSR count). The molecule has 0 unspecified atom stereocenters. The number of rotatable bonds is 3. The first-order valence-electron chi connectivity index (χ1n) is 18.6. The first kappa shape index (κ1) is 54.5. The van der Waals surface area contributed by atoms with Crippen molar-refractivity contribution in [2.45, 2.75) is 249 Å². The van der Waals surface area contributed by atoms with Gasteiger partial charge in [-0.3, -0.25) is 0 Å². The summed E-state index contributed by atoms with van der Waals surface area (Å²) < 4.78 is 0. The molecule has 5 aliphatic rings. The highest BCUT2D eigenvalue weighted by molar-refractivity contribution is 4.82. The summed E-state index contributed by atoms with van der Waals surface area (Å²) in [6.45, 7) is 28.4. The van der Waals surface area contributed by atoms with Crippen LogP contribution in [0.2, 0.25) is 0 Å². The number of hydrogen-bond acceptors (Lipinski definition) is 0. The Kier molecular flexibility index (Phi) is 31.4. The fourth-order valence-corrected chi connectivity index (χ4v) is 8.07. The SMILES string of the molecule is C.C.C.C.C.CC(C)C1CCCC1.CCC1(C)CCCC1.CCC1(C)CCCC1.C[C@H]1CCC(C)(C)C1.C[C@H]1CCCC1(C)C. The molecule has 5 fully saturated rings. The van der Waals surface area contributed by atoms with Crippen LogP contribution in [0, 0.1) is 45.3 Å². The van der Waals surface area contributed by atoms with Crippen LogP contribution in [0.25, 0.3) is 0 Å². The van der Waals surface area contributed by atoms with E-state index in [1.807, 2.05) is 0 Å². The average molecular weight is 641 g/mol. The first-order chi connectivity index (χ1) is 18.6. The van der Waals surface area contributed by atoms with Crippen LogP contribution in [-0.2, 0) is 0 Å². The molecule has 0 bridgehead atoms. The normalized spacial score (nSPS) is 26.1. The minimum Gasteiger partial charge on any atom is -0.0776 e. The van der Waals surface area contributed by atoms with Gasteiger partial charge in [-0.05, 0) is 90.3 Å². The van der Waals surface area contributed by atoms with Crippen LogP contribution in [0.5, 0.6) is 0 Å². The summed E-state index contributed by atoms with van der Waals surface area (Å²) in [5, 5.41) is 0. The van der Waals surface area contributed by atoms with Gasteiger partial charge in [0.1, 0.15) is 0 Å². The Morgan fingerprint density at radius 1 is 0.511 bits per heavy atom. The summed E-state index contributed by atoms with van der Waals surface area (Å²) in [4.78, 5) is 0. The van der Waals surface area contributed by atoms with Crippen molar-refractivity contribution >= 4 is 0 Å². The minimum atomic E-state index is 0. The smallest absolute Gasteiger partial charge is 0.0328 e. The molecule has 0 radical (unpaired) electrons. The molecule has 5 saturated carbocycles. The van der Waals surface area contributed by atoms with Crippen LogP contribution in [0.4, 0.5) is 0 Å². The lowest BCUT2D eigenvalue weighted by Gasteiger charge is -2.22. The molecule has 280 valence electrons. The molecule has 0 aromatic carbocycles. The lowest BCUT2D eigenvalue weighted by atomic mass is 9.83. The Balaban J connectivity index is -0.000000144. The topological polar surface area (TPSA) is 0 Å². The maximum absolute atomic E-state index is 2.42. The molecule has 5 aliphatic carbocycles. The molecule has 0 heteroatoms. The lowest BCUT2D eigenvalue weighted by Crippen LogP contribution is -2.13. The average Bonchev–Trinajstić information content (AvgIpc) is 3.72. The molecule has 0 aromatic rings. The molecule has 0 nitrogen and oxygen atoms in total. The fourth-order valence-electron chi connectivity index (χ4n) is 8.07. The summed E-state index contributed by atoms with van der Waals surface area (Å²) in [6.07, 6.45) is 29.2. The van der Waals surface area contributed by atoms with Crippen molar-refractivity contribution in [3.05, 3.63) is 0 Å². The highest BCUT2D eigenvalue weighted by atomic mass is 14.4. The van der Waals surface area contributed by atoms with E-state index in [1.54, 1.807) is 0 Å². The molecule has 0 spiro atoms. The van der Waals surface area contributed by atoms with Crippen LogP contribution in [-0.4, -0.2) is 0 Å². The highest BCUT2D eigenvalue weighted by Gasteiger charge is 2.30. The van der Waals surface area contributed by atoms with Gasteiger partial charge in [-0.2, -0.15) is 0 Å². The Morgan fingerprint density at radius 2 is 0.911 bits per heavy atom. The van der Waals surface area contributed by atoms with Gasteiger partial charge in [0, 0.05) is 0 Å². The second-order valence-corrected chi connectivity index (χ2v) is 17.8. The Hall–Kier alpha value is 0. The third-order valence-corrected chi connectivity index (χ3v) is 12.7. The van der Waals surface area contributed by atoms with Gasteiger partial charge in [0.25, 0.3) is 0 Å². The van der Waals surface area contributed by atoms with E-state index in [0.717, 1.165) is 34.5 Å². The molecule has 0 saturated heterocycles. The number of hydrogen-bond donors (Lipinski definition) is 0. The van der Waals surface area contributed by atoms with E-state index < -0.39 is 0 Å². The monoisotopic (exact) mass is 641 g/mol. The lowest BCUT2D eigenvalue weighted by molar-refractivity contribution is 0.281. The van der Waals surface area contributed by atoms with Crippen molar-refractivity contribution in [2.75, 3.05) is 0 Å². The standard InChI is InChI=1S/5C8H16.5CH4/c1-7-4-5-8(2,3)6-7;1-7-5-4-6-8(7,2)3;1-7(2)8-5-3-4-6-8;2*1-3-8(2)6-4-5-7-8;;;;;/h2*7H,4-6H2,1-3H3;7-8H,3-6H2,1-2H3;2*3-7H2,1-2H3;5*1H4/t2*7-;;;;;;;;/m00......../s1. The maximum atomic E-state index is 2.42. The van der Waals surface area contributed by atoms with E-state index in [2.05, 4.69) is 83.1 Å². The fraction of sp³-hybridized carbons (Fsp3) is 1.00. The van der Waals surface area contributed by atoms with E-state index >= 15 is 0 Å². The summed E-state index contributed by atoms with van der Waals surface area (Å²) in [5.41, 5.74) is 2.79. The van der Waals surface area contributed by atoms with Gasteiger partial charge in [0.15, 0.2) is 0 Å². The minimum absolute atomic E-state index is 0. The van der Waals surface area contributed by atoms with Crippen molar-refractivity contribution in [2.24, 2.45) is 45.3 Å². The van der Waals surface area contributed by atoms with Gasteiger partial charge in [-0.25, -0.2) is 0 Å². The molecule has 45 heavy (non-hydrogen) atoms. The van der Waals surface area contributed by atoms with Crippen LogP contribution in [0.1, 0.15) is 249 Å². The van der Waals surface area contributed by atoms with Crippen molar-refractivity contribution in [3.8, 4) is 0 Å². The Morgan fingerprint density at radius 3 is 1.04 bits per heavy atom. The van der Waals surface area contributed by atoms with Crippen LogP contribution >= 0.6 is 0 Å². The van der Waals surface area contributed by atoms with Crippen molar-refractivity contribution in [3.63, 3.8) is 0 Å². The summed E-state index contributed by atoms with van der Waals surface area (Å²) >= 11 is 0. The zero-order valence-corrected chi connectivity index (χ0v) is 30.5. The van der Waals surface area contributed by atoms with E-state index in [0.29, 0.717) is 10.8 Å². The molecular weight excluding hydrogens is 540 g/mol. The molecule has 0 aromatic heterocycles. The van der Waals surface area contributed by atoms with Crippen LogP contribution in [0.3, 0.4) is 0 Å². The molecular formula is C45H100. The summed E-state index contributed by atoms with van der Waals surface area (Å²) in [5.74, 6) is 3.96. The second-order valence-electron chi connectivity index (χ2n) is 17.8.